The Morgan fingerprint density at radius 1 is 1.25 bits per heavy atom. The zero-order valence-corrected chi connectivity index (χ0v) is 11.9. The Labute approximate surface area is 119 Å². The minimum atomic E-state index is -0.0227. The van der Waals surface area contributed by atoms with Crippen molar-refractivity contribution in [2.45, 2.75) is 50.2 Å². The first-order valence-corrected chi connectivity index (χ1v) is 7.77. The summed E-state index contributed by atoms with van der Waals surface area (Å²) in [7, 11) is 0. The third kappa shape index (κ3) is 2.96. The van der Waals surface area contributed by atoms with Crippen molar-refractivity contribution in [3.8, 4) is 0 Å². The maximum atomic E-state index is 12.5. The molecule has 0 radical (unpaired) electrons. The molecule has 3 rings (SSSR count). The summed E-state index contributed by atoms with van der Waals surface area (Å²) in [6.45, 7) is 3.71. The average Bonchev–Trinajstić information content (AvgIpc) is 3.09. The molecule has 0 spiro atoms. The van der Waals surface area contributed by atoms with E-state index in [4.69, 9.17) is 0 Å². The van der Waals surface area contributed by atoms with Crippen LogP contribution in [0.4, 0.5) is 0 Å². The summed E-state index contributed by atoms with van der Waals surface area (Å²) >= 11 is 0. The summed E-state index contributed by atoms with van der Waals surface area (Å²) in [6, 6.07) is 0.525. The van der Waals surface area contributed by atoms with Gasteiger partial charge in [0.1, 0.15) is 0 Å². The summed E-state index contributed by atoms with van der Waals surface area (Å²) in [4.78, 5) is 26.0. The van der Waals surface area contributed by atoms with E-state index in [1.54, 1.807) is 0 Å². The first-order chi connectivity index (χ1) is 9.74. The molecule has 3 fully saturated rings. The molecule has 3 N–H and O–H groups in total. The number of hydrogen-bond acceptors (Lipinski definition) is 4. The summed E-state index contributed by atoms with van der Waals surface area (Å²) in [5.74, 6) is 0.152. The molecule has 0 bridgehead atoms. The van der Waals surface area contributed by atoms with Crippen LogP contribution in [-0.2, 0) is 9.59 Å². The lowest BCUT2D eigenvalue weighted by atomic mass is 10.0. The van der Waals surface area contributed by atoms with Gasteiger partial charge in [-0.1, -0.05) is 0 Å². The van der Waals surface area contributed by atoms with Crippen LogP contribution in [0.15, 0.2) is 0 Å². The fourth-order valence-electron chi connectivity index (χ4n) is 3.65. The van der Waals surface area contributed by atoms with E-state index in [1.807, 2.05) is 0 Å². The highest BCUT2D eigenvalue weighted by Gasteiger charge is 2.37. The number of likely N-dealkylation sites (tertiary alicyclic amines) is 1. The van der Waals surface area contributed by atoms with Crippen molar-refractivity contribution in [2.24, 2.45) is 0 Å². The molecule has 0 aliphatic carbocycles. The van der Waals surface area contributed by atoms with Crippen molar-refractivity contribution in [3.63, 3.8) is 0 Å². The maximum Gasteiger partial charge on any atom is 0.237 e. The molecular weight excluding hydrogens is 256 g/mol. The molecule has 0 saturated carbocycles. The quantitative estimate of drug-likeness (QED) is 0.633. The van der Waals surface area contributed by atoms with Crippen molar-refractivity contribution in [1.29, 1.82) is 0 Å². The number of nitrogens with zero attached hydrogens (tertiary/aromatic N) is 1. The van der Waals surface area contributed by atoms with Crippen LogP contribution in [0, 0.1) is 0 Å². The zero-order chi connectivity index (χ0) is 13.9. The van der Waals surface area contributed by atoms with Crippen LogP contribution in [-0.4, -0.2) is 61.0 Å². The third-order valence-corrected chi connectivity index (χ3v) is 4.70. The lowest BCUT2D eigenvalue weighted by Crippen LogP contribution is -2.52. The Hall–Kier alpha value is -1.14. The molecule has 112 valence electrons. The minimum absolute atomic E-state index is 0.00815. The van der Waals surface area contributed by atoms with Crippen LogP contribution >= 0.6 is 0 Å². The van der Waals surface area contributed by atoms with Crippen LogP contribution in [0.2, 0.25) is 0 Å². The normalized spacial score (nSPS) is 32.3. The molecule has 3 aliphatic rings. The van der Waals surface area contributed by atoms with Crippen molar-refractivity contribution >= 4 is 11.8 Å². The lowest BCUT2D eigenvalue weighted by Gasteiger charge is -2.35. The van der Waals surface area contributed by atoms with Gasteiger partial charge in [0.15, 0.2) is 0 Å². The van der Waals surface area contributed by atoms with E-state index in [-0.39, 0.29) is 23.9 Å². The first kappa shape index (κ1) is 13.8. The van der Waals surface area contributed by atoms with Gasteiger partial charge in [-0.2, -0.15) is 0 Å². The SMILES string of the molecule is O=C1CC(NC(=O)C2CCCN2C2CCNCC2)CN1. The van der Waals surface area contributed by atoms with Crippen LogP contribution in [0.3, 0.4) is 0 Å². The van der Waals surface area contributed by atoms with Gasteiger partial charge in [-0.15, -0.1) is 0 Å². The third-order valence-electron chi connectivity index (χ3n) is 4.70. The van der Waals surface area contributed by atoms with Crippen LogP contribution in [0.25, 0.3) is 0 Å². The van der Waals surface area contributed by atoms with E-state index in [0.717, 1.165) is 45.3 Å². The molecule has 0 aromatic heterocycles. The molecule has 0 aromatic carbocycles. The van der Waals surface area contributed by atoms with Crippen molar-refractivity contribution in [3.05, 3.63) is 0 Å². The predicted molar refractivity (Wildman–Crippen MR) is 75.2 cm³/mol. The molecule has 3 aliphatic heterocycles. The monoisotopic (exact) mass is 280 g/mol. The van der Waals surface area contributed by atoms with E-state index >= 15 is 0 Å². The fraction of sp³-hybridized carbons (Fsp3) is 0.857. The number of hydrogen-bond donors (Lipinski definition) is 3. The summed E-state index contributed by atoms with van der Waals surface area (Å²) in [5, 5.41) is 9.18. The second-order valence-electron chi connectivity index (χ2n) is 6.09. The average molecular weight is 280 g/mol. The largest absolute Gasteiger partial charge is 0.354 e. The Balaban J connectivity index is 1.56. The molecule has 3 heterocycles. The Morgan fingerprint density at radius 2 is 2.05 bits per heavy atom. The number of nitrogens with one attached hydrogen (secondary N) is 3. The highest BCUT2D eigenvalue weighted by atomic mass is 16.2. The van der Waals surface area contributed by atoms with E-state index in [1.165, 1.54) is 0 Å². The topological polar surface area (TPSA) is 73.5 Å². The van der Waals surface area contributed by atoms with Gasteiger partial charge in [-0.05, 0) is 45.3 Å². The lowest BCUT2D eigenvalue weighted by molar-refractivity contribution is -0.127. The van der Waals surface area contributed by atoms with Crippen molar-refractivity contribution in [2.75, 3.05) is 26.2 Å². The highest BCUT2D eigenvalue weighted by molar-refractivity contribution is 5.85. The first-order valence-electron chi connectivity index (χ1n) is 7.77. The van der Waals surface area contributed by atoms with E-state index in [2.05, 4.69) is 20.9 Å². The van der Waals surface area contributed by atoms with Crippen molar-refractivity contribution < 1.29 is 9.59 Å². The smallest absolute Gasteiger partial charge is 0.237 e. The fourth-order valence-corrected chi connectivity index (χ4v) is 3.65. The number of carbonyl (C=O) groups is 2. The Morgan fingerprint density at radius 3 is 2.75 bits per heavy atom. The number of amides is 2. The highest BCUT2D eigenvalue weighted by Crippen LogP contribution is 2.24. The van der Waals surface area contributed by atoms with Gasteiger partial charge in [0.2, 0.25) is 11.8 Å². The molecule has 0 aromatic rings. The standard InChI is InChI=1S/C14H24N4O2/c19-13-8-10(9-16-13)17-14(20)12-2-1-7-18(12)11-3-5-15-6-4-11/h10-12,15H,1-9H2,(H,16,19)(H,17,20). The number of carbonyl (C=O) groups excluding carboxylic acids is 2. The predicted octanol–water partition coefficient (Wildman–Crippen LogP) is -0.792. The van der Waals surface area contributed by atoms with E-state index in [9.17, 15) is 9.59 Å². The van der Waals surface area contributed by atoms with Gasteiger partial charge in [-0.3, -0.25) is 14.5 Å². The zero-order valence-electron chi connectivity index (χ0n) is 11.9. The molecular formula is C14H24N4O2. The second kappa shape index (κ2) is 6.10. The second-order valence-corrected chi connectivity index (χ2v) is 6.09. The molecule has 2 amide bonds. The summed E-state index contributed by atoms with van der Waals surface area (Å²) in [6.07, 6.45) is 4.74. The summed E-state index contributed by atoms with van der Waals surface area (Å²) in [5.41, 5.74) is 0. The molecule has 6 nitrogen and oxygen atoms in total. The van der Waals surface area contributed by atoms with E-state index < -0.39 is 0 Å². The summed E-state index contributed by atoms with van der Waals surface area (Å²) < 4.78 is 0. The van der Waals surface area contributed by atoms with Crippen LogP contribution in [0.5, 0.6) is 0 Å². The van der Waals surface area contributed by atoms with Gasteiger partial charge >= 0.3 is 0 Å². The minimum Gasteiger partial charge on any atom is -0.354 e. The molecule has 2 atom stereocenters. The van der Waals surface area contributed by atoms with E-state index in [0.29, 0.717) is 19.0 Å². The number of rotatable bonds is 3. The molecule has 2 unspecified atom stereocenters. The Kier molecular flexibility index (Phi) is 4.21. The van der Waals surface area contributed by atoms with Crippen LogP contribution in [0.1, 0.15) is 32.1 Å². The Bertz CT molecular complexity index is 381. The molecule has 3 saturated heterocycles. The molecule has 6 heteroatoms. The molecule has 20 heavy (non-hydrogen) atoms. The van der Waals surface area contributed by atoms with Gasteiger partial charge < -0.3 is 16.0 Å². The maximum absolute atomic E-state index is 12.5. The number of piperidine rings is 1. The van der Waals surface area contributed by atoms with Gasteiger partial charge in [0.05, 0.1) is 12.1 Å². The van der Waals surface area contributed by atoms with Gasteiger partial charge in [0.25, 0.3) is 0 Å². The van der Waals surface area contributed by atoms with Crippen LogP contribution < -0.4 is 16.0 Å². The van der Waals surface area contributed by atoms with Crippen molar-refractivity contribution in [1.82, 2.24) is 20.9 Å². The van der Waals surface area contributed by atoms with Gasteiger partial charge in [-0.25, -0.2) is 0 Å². The van der Waals surface area contributed by atoms with Gasteiger partial charge in [0, 0.05) is 19.0 Å².